The maximum absolute atomic E-state index is 13.2. The van der Waals surface area contributed by atoms with Gasteiger partial charge < -0.3 is 4.90 Å². The van der Waals surface area contributed by atoms with E-state index in [0.717, 1.165) is 32.5 Å². The van der Waals surface area contributed by atoms with Crippen molar-refractivity contribution in [2.24, 2.45) is 11.8 Å². The summed E-state index contributed by atoms with van der Waals surface area (Å²) in [6, 6.07) is 4.16. The molecule has 2 unspecified atom stereocenters. The minimum Gasteiger partial charge on any atom is -0.340 e. The van der Waals surface area contributed by atoms with Crippen LogP contribution in [0.15, 0.2) is 17.5 Å². The second kappa shape index (κ2) is 8.08. The van der Waals surface area contributed by atoms with Crippen molar-refractivity contribution in [3.8, 4) is 0 Å². The lowest BCUT2D eigenvalue weighted by atomic mass is 9.78. The van der Waals surface area contributed by atoms with Gasteiger partial charge >= 0.3 is 6.18 Å². The largest absolute Gasteiger partial charge is 0.392 e. The number of carbonyl (C=O) groups excluding carboxylic acids is 1. The van der Waals surface area contributed by atoms with E-state index in [-0.39, 0.29) is 12.3 Å². The molecule has 0 spiro atoms. The van der Waals surface area contributed by atoms with E-state index in [1.54, 1.807) is 16.2 Å². The Hall–Kier alpha value is -1.08. The van der Waals surface area contributed by atoms with Gasteiger partial charge in [-0.2, -0.15) is 13.2 Å². The summed E-state index contributed by atoms with van der Waals surface area (Å²) in [6.07, 6.45) is -1.50. The number of halogens is 3. The van der Waals surface area contributed by atoms with Gasteiger partial charge in [0.1, 0.15) is 0 Å². The molecule has 1 amide bonds. The topological polar surface area (TPSA) is 23.6 Å². The van der Waals surface area contributed by atoms with E-state index in [9.17, 15) is 18.0 Å². The molecular weight excluding hydrogens is 349 g/mol. The molecule has 2 heterocycles. The van der Waals surface area contributed by atoms with Crippen molar-refractivity contribution in [1.29, 1.82) is 0 Å². The molecule has 140 valence electrons. The van der Waals surface area contributed by atoms with Crippen molar-refractivity contribution in [2.45, 2.75) is 38.3 Å². The highest BCUT2D eigenvalue weighted by Crippen LogP contribution is 2.42. The van der Waals surface area contributed by atoms with Crippen LogP contribution in [-0.4, -0.2) is 54.6 Å². The fraction of sp³-hybridized carbons (Fsp3) is 0.722. The van der Waals surface area contributed by atoms with Crippen LogP contribution in [0.1, 0.15) is 30.6 Å². The van der Waals surface area contributed by atoms with Gasteiger partial charge in [0.2, 0.25) is 5.91 Å². The van der Waals surface area contributed by atoms with Gasteiger partial charge in [-0.05, 0) is 30.7 Å². The standard InChI is InChI=1S/C18H25F3N2OS/c19-18(20,21)16-6-2-1-5-15(16)17(24)23-11-9-22(10-12-23)8-7-14-4-3-13-25-14/h3-4,13,15-16H,1-2,5-12H2. The number of hydrogen-bond acceptors (Lipinski definition) is 3. The van der Waals surface area contributed by atoms with Crippen molar-refractivity contribution in [1.82, 2.24) is 9.80 Å². The summed E-state index contributed by atoms with van der Waals surface area (Å²) in [6.45, 7) is 3.53. The average molecular weight is 374 g/mol. The first kappa shape index (κ1) is 18.7. The molecule has 1 aliphatic heterocycles. The van der Waals surface area contributed by atoms with Gasteiger partial charge in [0.05, 0.1) is 5.92 Å². The van der Waals surface area contributed by atoms with E-state index in [0.29, 0.717) is 25.9 Å². The number of piperazine rings is 1. The molecule has 3 nitrogen and oxygen atoms in total. The van der Waals surface area contributed by atoms with Gasteiger partial charge in [-0.25, -0.2) is 0 Å². The Morgan fingerprint density at radius 2 is 1.88 bits per heavy atom. The molecule has 1 saturated heterocycles. The van der Waals surface area contributed by atoms with E-state index in [1.807, 2.05) is 6.07 Å². The van der Waals surface area contributed by atoms with Crippen molar-refractivity contribution >= 4 is 17.2 Å². The number of nitrogens with zero attached hydrogens (tertiary/aromatic N) is 2. The lowest BCUT2D eigenvalue weighted by molar-refractivity contribution is -0.201. The Morgan fingerprint density at radius 3 is 2.52 bits per heavy atom. The second-order valence-electron chi connectivity index (χ2n) is 7.04. The smallest absolute Gasteiger partial charge is 0.340 e. The lowest BCUT2D eigenvalue weighted by Crippen LogP contribution is -2.52. The molecule has 0 bridgehead atoms. The van der Waals surface area contributed by atoms with E-state index in [1.165, 1.54) is 4.88 Å². The van der Waals surface area contributed by atoms with Crippen LogP contribution in [-0.2, 0) is 11.2 Å². The Morgan fingerprint density at radius 1 is 1.16 bits per heavy atom. The van der Waals surface area contributed by atoms with Crippen molar-refractivity contribution in [2.75, 3.05) is 32.7 Å². The summed E-state index contributed by atoms with van der Waals surface area (Å²) in [5.74, 6) is -2.60. The molecule has 0 N–H and O–H groups in total. The highest BCUT2D eigenvalue weighted by Gasteiger charge is 2.49. The van der Waals surface area contributed by atoms with Gasteiger partial charge in [0.15, 0.2) is 0 Å². The minimum absolute atomic E-state index is 0.0979. The first-order valence-corrected chi connectivity index (χ1v) is 9.93. The van der Waals surface area contributed by atoms with Crippen LogP contribution >= 0.6 is 11.3 Å². The normalized spacial score (nSPS) is 26.0. The summed E-state index contributed by atoms with van der Waals surface area (Å²) in [5.41, 5.74) is 0. The SMILES string of the molecule is O=C(C1CCCCC1C(F)(F)F)N1CCN(CCc2cccs2)CC1. The van der Waals surface area contributed by atoms with Gasteiger partial charge in [-0.3, -0.25) is 9.69 Å². The Kier molecular flexibility index (Phi) is 6.04. The predicted molar refractivity (Wildman–Crippen MR) is 92.5 cm³/mol. The van der Waals surface area contributed by atoms with Gasteiger partial charge in [0.25, 0.3) is 0 Å². The van der Waals surface area contributed by atoms with Crippen molar-refractivity contribution in [3.05, 3.63) is 22.4 Å². The van der Waals surface area contributed by atoms with Crippen LogP contribution in [0.4, 0.5) is 13.2 Å². The fourth-order valence-corrected chi connectivity index (χ4v) is 4.67. The molecule has 0 aromatic carbocycles. The molecule has 1 saturated carbocycles. The number of thiophene rings is 1. The number of rotatable bonds is 4. The number of alkyl halides is 3. The van der Waals surface area contributed by atoms with Crippen LogP contribution in [0.5, 0.6) is 0 Å². The Balaban J connectivity index is 1.50. The molecule has 3 rings (SSSR count). The number of carbonyl (C=O) groups is 1. The monoisotopic (exact) mass is 374 g/mol. The number of hydrogen-bond donors (Lipinski definition) is 0. The quantitative estimate of drug-likeness (QED) is 0.800. The highest BCUT2D eigenvalue weighted by molar-refractivity contribution is 7.09. The van der Waals surface area contributed by atoms with Gasteiger partial charge in [-0.15, -0.1) is 11.3 Å². The van der Waals surface area contributed by atoms with Gasteiger partial charge in [-0.1, -0.05) is 18.9 Å². The molecule has 0 radical (unpaired) electrons. The second-order valence-corrected chi connectivity index (χ2v) is 8.07. The zero-order valence-corrected chi connectivity index (χ0v) is 15.1. The summed E-state index contributed by atoms with van der Waals surface area (Å²) in [4.78, 5) is 18.0. The average Bonchev–Trinajstić information content (AvgIpc) is 3.13. The first-order valence-electron chi connectivity index (χ1n) is 9.05. The third kappa shape index (κ3) is 4.76. The predicted octanol–water partition coefficient (Wildman–Crippen LogP) is 3.80. The minimum atomic E-state index is -4.26. The van der Waals surface area contributed by atoms with Crippen molar-refractivity contribution < 1.29 is 18.0 Å². The van der Waals surface area contributed by atoms with Crippen LogP contribution in [0.25, 0.3) is 0 Å². The number of amides is 1. The maximum atomic E-state index is 13.2. The third-order valence-electron chi connectivity index (χ3n) is 5.44. The third-order valence-corrected chi connectivity index (χ3v) is 6.38. The molecule has 25 heavy (non-hydrogen) atoms. The first-order chi connectivity index (χ1) is 11.9. The Labute approximate surface area is 150 Å². The van der Waals surface area contributed by atoms with Crippen LogP contribution in [0.2, 0.25) is 0 Å². The van der Waals surface area contributed by atoms with E-state index >= 15 is 0 Å². The highest BCUT2D eigenvalue weighted by atomic mass is 32.1. The Bertz CT molecular complexity index is 553. The van der Waals surface area contributed by atoms with Gasteiger partial charge in [0, 0.05) is 43.5 Å². The summed E-state index contributed by atoms with van der Waals surface area (Å²) in [7, 11) is 0. The zero-order chi connectivity index (χ0) is 17.9. The fourth-order valence-electron chi connectivity index (χ4n) is 3.97. The van der Waals surface area contributed by atoms with Crippen LogP contribution < -0.4 is 0 Å². The molecule has 2 aliphatic rings. The van der Waals surface area contributed by atoms with Crippen molar-refractivity contribution in [3.63, 3.8) is 0 Å². The molecule has 1 aromatic rings. The summed E-state index contributed by atoms with van der Waals surface area (Å²) >= 11 is 1.74. The summed E-state index contributed by atoms with van der Waals surface area (Å²) in [5, 5.41) is 2.06. The lowest BCUT2D eigenvalue weighted by Gasteiger charge is -2.39. The van der Waals surface area contributed by atoms with E-state index < -0.39 is 18.0 Å². The van der Waals surface area contributed by atoms with Crippen LogP contribution in [0.3, 0.4) is 0 Å². The van der Waals surface area contributed by atoms with E-state index in [4.69, 9.17) is 0 Å². The maximum Gasteiger partial charge on any atom is 0.392 e. The summed E-state index contributed by atoms with van der Waals surface area (Å²) < 4.78 is 39.7. The zero-order valence-electron chi connectivity index (χ0n) is 14.3. The molecule has 1 aromatic heterocycles. The molecule has 7 heteroatoms. The molecular formula is C18H25F3N2OS. The molecule has 2 atom stereocenters. The molecule has 2 fully saturated rings. The van der Waals surface area contributed by atoms with Crippen LogP contribution in [0, 0.1) is 11.8 Å². The molecule has 1 aliphatic carbocycles. The van der Waals surface area contributed by atoms with E-state index in [2.05, 4.69) is 16.3 Å².